The van der Waals surface area contributed by atoms with Crippen molar-refractivity contribution in [2.75, 3.05) is 19.0 Å². The van der Waals surface area contributed by atoms with Crippen LogP contribution in [0.5, 0.6) is 0 Å². The molecule has 4 rings (SSSR count). The van der Waals surface area contributed by atoms with E-state index >= 15 is 0 Å². The molecule has 0 saturated heterocycles. The largest absolute Gasteiger partial charge is 0.378 e. The molecule has 0 spiro atoms. The smallest absolute Gasteiger partial charge is 0.182 e. The third-order valence-electron chi connectivity index (χ3n) is 3.87. The van der Waals surface area contributed by atoms with Crippen molar-refractivity contribution in [3.8, 4) is 11.4 Å². The van der Waals surface area contributed by atoms with Gasteiger partial charge >= 0.3 is 0 Å². The van der Waals surface area contributed by atoms with Gasteiger partial charge in [0.25, 0.3) is 0 Å². The molecule has 0 bridgehead atoms. The third kappa shape index (κ3) is 2.00. The lowest BCUT2D eigenvalue weighted by Crippen LogP contribution is -2.07. The Kier molecular flexibility index (Phi) is 2.82. The van der Waals surface area contributed by atoms with E-state index in [-0.39, 0.29) is 0 Å². The lowest BCUT2D eigenvalue weighted by Gasteiger charge is -2.11. The number of rotatable bonds is 2. The minimum absolute atomic E-state index is 0.752. The molecule has 0 atom stereocenters. The molecule has 4 nitrogen and oxygen atoms in total. The van der Waals surface area contributed by atoms with Gasteiger partial charge < -0.3 is 4.90 Å². The zero-order valence-corrected chi connectivity index (χ0v) is 12.6. The van der Waals surface area contributed by atoms with Gasteiger partial charge in [-0.15, -0.1) is 5.10 Å². The summed E-state index contributed by atoms with van der Waals surface area (Å²) in [6.45, 7) is 0. The molecule has 2 heterocycles. The Morgan fingerprint density at radius 2 is 1.68 bits per heavy atom. The third-order valence-corrected chi connectivity index (χ3v) is 3.87. The second kappa shape index (κ2) is 4.84. The second-order valence-corrected chi connectivity index (χ2v) is 5.55. The molecule has 22 heavy (non-hydrogen) atoms. The van der Waals surface area contributed by atoms with Crippen LogP contribution in [0.1, 0.15) is 0 Å². The Labute approximate surface area is 128 Å². The SMILES string of the molecule is CN(C)c1ccc(-c2nc3c4ccccc4ccn3n2)cc1. The summed E-state index contributed by atoms with van der Waals surface area (Å²) < 4.78 is 1.84. The zero-order valence-electron chi connectivity index (χ0n) is 12.6. The van der Waals surface area contributed by atoms with Crippen molar-refractivity contribution < 1.29 is 0 Å². The highest BCUT2D eigenvalue weighted by molar-refractivity contribution is 5.94. The highest BCUT2D eigenvalue weighted by Gasteiger charge is 2.09. The first-order valence-corrected chi connectivity index (χ1v) is 7.24. The molecule has 4 heteroatoms. The van der Waals surface area contributed by atoms with Crippen LogP contribution in [0.15, 0.2) is 60.8 Å². The van der Waals surface area contributed by atoms with E-state index in [1.807, 2.05) is 36.9 Å². The standard InChI is InChI=1S/C18H16N4/c1-21(2)15-9-7-14(8-10-15)17-19-18-16-6-4-3-5-13(16)11-12-22(18)20-17/h3-12H,1-2H3. The number of nitrogens with zero attached hydrogens (tertiary/aromatic N) is 4. The first-order chi connectivity index (χ1) is 10.7. The van der Waals surface area contributed by atoms with Gasteiger partial charge in [-0.1, -0.05) is 24.3 Å². The molecule has 0 aliphatic carbocycles. The van der Waals surface area contributed by atoms with E-state index in [2.05, 4.69) is 52.5 Å². The van der Waals surface area contributed by atoms with Gasteiger partial charge in [0.15, 0.2) is 11.5 Å². The van der Waals surface area contributed by atoms with Crippen molar-refractivity contribution in [2.24, 2.45) is 0 Å². The van der Waals surface area contributed by atoms with Gasteiger partial charge in [0, 0.05) is 36.9 Å². The summed E-state index contributed by atoms with van der Waals surface area (Å²) in [7, 11) is 4.06. The molecule has 2 aromatic heterocycles. The highest BCUT2D eigenvalue weighted by Crippen LogP contribution is 2.23. The van der Waals surface area contributed by atoms with E-state index in [9.17, 15) is 0 Å². The number of hydrogen-bond donors (Lipinski definition) is 0. The van der Waals surface area contributed by atoms with Crippen LogP contribution in [-0.4, -0.2) is 28.7 Å². The predicted octanol–water partition coefficient (Wildman–Crippen LogP) is 3.62. The fourth-order valence-corrected chi connectivity index (χ4v) is 2.64. The number of aromatic nitrogens is 3. The summed E-state index contributed by atoms with van der Waals surface area (Å²) in [5.41, 5.74) is 3.08. The summed E-state index contributed by atoms with van der Waals surface area (Å²) in [5.74, 6) is 0.752. The molecular weight excluding hydrogens is 272 g/mol. The fourth-order valence-electron chi connectivity index (χ4n) is 2.64. The highest BCUT2D eigenvalue weighted by atomic mass is 15.3. The number of benzene rings is 2. The van der Waals surface area contributed by atoms with Crippen LogP contribution in [0.3, 0.4) is 0 Å². The Bertz CT molecular complexity index is 952. The molecule has 0 saturated carbocycles. The van der Waals surface area contributed by atoms with Crippen LogP contribution in [0.25, 0.3) is 27.8 Å². The number of hydrogen-bond acceptors (Lipinski definition) is 3. The average molecular weight is 288 g/mol. The van der Waals surface area contributed by atoms with Crippen molar-refractivity contribution in [1.82, 2.24) is 14.6 Å². The summed E-state index contributed by atoms with van der Waals surface area (Å²) in [6.07, 6.45) is 1.96. The van der Waals surface area contributed by atoms with Crippen LogP contribution >= 0.6 is 0 Å². The van der Waals surface area contributed by atoms with Crippen molar-refractivity contribution in [1.29, 1.82) is 0 Å². The molecule has 0 aliphatic rings. The summed E-state index contributed by atoms with van der Waals surface area (Å²) in [4.78, 5) is 6.80. The molecule has 0 aliphatic heterocycles. The Morgan fingerprint density at radius 3 is 2.45 bits per heavy atom. The molecule has 108 valence electrons. The maximum absolute atomic E-state index is 4.72. The Morgan fingerprint density at radius 1 is 0.909 bits per heavy atom. The van der Waals surface area contributed by atoms with E-state index in [1.165, 1.54) is 5.39 Å². The molecule has 0 amide bonds. The normalized spacial score (nSPS) is 11.2. The van der Waals surface area contributed by atoms with E-state index in [4.69, 9.17) is 4.98 Å². The Balaban J connectivity index is 1.87. The molecule has 0 radical (unpaired) electrons. The van der Waals surface area contributed by atoms with Gasteiger partial charge in [-0.05, 0) is 35.7 Å². The first-order valence-electron chi connectivity index (χ1n) is 7.24. The predicted molar refractivity (Wildman–Crippen MR) is 90.3 cm³/mol. The van der Waals surface area contributed by atoms with E-state index in [0.717, 1.165) is 28.1 Å². The van der Waals surface area contributed by atoms with Gasteiger partial charge in [0.1, 0.15) is 0 Å². The quantitative estimate of drug-likeness (QED) is 0.565. The summed E-state index contributed by atoms with van der Waals surface area (Å²) >= 11 is 0. The fraction of sp³-hybridized carbons (Fsp3) is 0.111. The number of fused-ring (bicyclic) bond motifs is 3. The molecular formula is C18H16N4. The van der Waals surface area contributed by atoms with E-state index in [0.29, 0.717) is 0 Å². The van der Waals surface area contributed by atoms with Gasteiger partial charge in [0.05, 0.1) is 0 Å². The average Bonchev–Trinajstić information content (AvgIpc) is 2.99. The maximum Gasteiger partial charge on any atom is 0.182 e. The topological polar surface area (TPSA) is 33.4 Å². The van der Waals surface area contributed by atoms with Gasteiger partial charge in [-0.2, -0.15) is 0 Å². The monoisotopic (exact) mass is 288 g/mol. The first kappa shape index (κ1) is 12.8. The van der Waals surface area contributed by atoms with Crippen molar-refractivity contribution in [3.05, 3.63) is 60.8 Å². The van der Waals surface area contributed by atoms with Gasteiger partial charge in [-0.3, -0.25) is 0 Å². The maximum atomic E-state index is 4.72. The molecule has 2 aromatic carbocycles. The van der Waals surface area contributed by atoms with Crippen LogP contribution < -0.4 is 4.90 Å². The van der Waals surface area contributed by atoms with Gasteiger partial charge in [-0.25, -0.2) is 9.50 Å². The van der Waals surface area contributed by atoms with Gasteiger partial charge in [0.2, 0.25) is 0 Å². The summed E-state index contributed by atoms with van der Waals surface area (Å²) in [6, 6.07) is 18.6. The van der Waals surface area contributed by atoms with Crippen molar-refractivity contribution >= 4 is 22.1 Å². The minimum Gasteiger partial charge on any atom is -0.378 e. The van der Waals surface area contributed by atoms with E-state index < -0.39 is 0 Å². The van der Waals surface area contributed by atoms with Crippen molar-refractivity contribution in [3.63, 3.8) is 0 Å². The minimum atomic E-state index is 0.752. The number of anilines is 1. The van der Waals surface area contributed by atoms with E-state index in [1.54, 1.807) is 0 Å². The van der Waals surface area contributed by atoms with Crippen molar-refractivity contribution in [2.45, 2.75) is 0 Å². The lowest BCUT2D eigenvalue weighted by molar-refractivity contribution is 0.971. The summed E-state index contributed by atoms with van der Waals surface area (Å²) in [5, 5.41) is 6.90. The van der Waals surface area contributed by atoms with Crippen LogP contribution in [0.4, 0.5) is 5.69 Å². The molecule has 0 N–H and O–H groups in total. The molecule has 0 fully saturated rings. The van der Waals surface area contributed by atoms with Crippen LogP contribution in [0.2, 0.25) is 0 Å². The lowest BCUT2D eigenvalue weighted by atomic mass is 10.2. The van der Waals surface area contributed by atoms with Crippen LogP contribution in [-0.2, 0) is 0 Å². The Hall–Kier alpha value is -2.88. The second-order valence-electron chi connectivity index (χ2n) is 5.55. The zero-order chi connectivity index (χ0) is 15.1. The molecule has 0 unspecified atom stereocenters. The van der Waals surface area contributed by atoms with Crippen LogP contribution in [0, 0.1) is 0 Å². The molecule has 4 aromatic rings. The number of pyridine rings is 1.